The lowest BCUT2D eigenvalue weighted by Gasteiger charge is -2.16. The maximum absolute atomic E-state index is 14.1. The minimum Gasteiger partial charge on any atom is -0.275 e. The van der Waals surface area contributed by atoms with Crippen LogP contribution in [0.5, 0.6) is 0 Å². The lowest BCUT2D eigenvalue weighted by Crippen LogP contribution is -2.22. The number of benzene rings is 1. The van der Waals surface area contributed by atoms with Crippen molar-refractivity contribution in [3.8, 4) is 0 Å². The molecule has 0 spiro atoms. The number of halogens is 1. The summed E-state index contributed by atoms with van der Waals surface area (Å²) in [6.07, 6.45) is 2.87. The molecule has 1 amide bonds. The molecule has 2 rings (SSSR count). The van der Waals surface area contributed by atoms with Gasteiger partial charge in [0.1, 0.15) is 0 Å². The van der Waals surface area contributed by atoms with Crippen LogP contribution in [0.4, 0.5) is 4.48 Å². The van der Waals surface area contributed by atoms with Crippen LogP contribution >= 0.6 is 0 Å². The molecular weight excluding hydrogens is 257 g/mol. The van der Waals surface area contributed by atoms with E-state index in [4.69, 9.17) is 0 Å². The highest BCUT2D eigenvalue weighted by Crippen LogP contribution is 2.21. The van der Waals surface area contributed by atoms with E-state index in [-0.39, 0.29) is 23.1 Å². The van der Waals surface area contributed by atoms with Crippen molar-refractivity contribution in [1.82, 2.24) is 14.9 Å². The molecule has 4 nitrogen and oxygen atoms in total. The summed E-state index contributed by atoms with van der Waals surface area (Å²) in [7, 11) is 1.69. The molecule has 0 unspecified atom stereocenters. The first kappa shape index (κ1) is 14.2. The zero-order valence-electron chi connectivity index (χ0n) is 11.9. The fourth-order valence-corrected chi connectivity index (χ4v) is 2.13. The Bertz CT molecular complexity index is 607. The fourth-order valence-electron chi connectivity index (χ4n) is 2.13. The number of aryl methyl sites for hydroxylation is 1. The number of hydrogen-bond acceptors (Lipinski definition) is 2. The van der Waals surface area contributed by atoms with E-state index in [1.165, 1.54) is 17.1 Å². The summed E-state index contributed by atoms with van der Waals surface area (Å²) < 4.78 is 15.5. The molecule has 2 aromatic rings. The molecule has 0 radical (unpaired) electrons. The van der Waals surface area contributed by atoms with Crippen LogP contribution in [0.3, 0.4) is 0 Å². The molecule has 0 aliphatic rings. The first-order valence-corrected chi connectivity index (χ1v) is 6.53. The number of aromatic nitrogens is 2. The number of nitrogens with zero attached hydrogens (tertiary/aromatic N) is 3. The minimum atomic E-state index is -0.670. The topological polar surface area (TPSA) is 38.1 Å². The Hall–Kier alpha value is -2.17. The van der Waals surface area contributed by atoms with Crippen molar-refractivity contribution in [3.63, 3.8) is 0 Å². The van der Waals surface area contributed by atoms with E-state index in [0.29, 0.717) is 0 Å². The van der Waals surface area contributed by atoms with Crippen molar-refractivity contribution in [3.05, 3.63) is 53.3 Å². The first-order chi connectivity index (χ1) is 9.49. The molecule has 0 N–H and O–H groups in total. The Morgan fingerprint density at radius 3 is 2.70 bits per heavy atom. The van der Waals surface area contributed by atoms with Crippen molar-refractivity contribution >= 4 is 5.91 Å². The van der Waals surface area contributed by atoms with Gasteiger partial charge in [0.15, 0.2) is 0 Å². The Morgan fingerprint density at radius 1 is 1.40 bits per heavy atom. The Labute approximate surface area is 117 Å². The second-order valence-corrected chi connectivity index (χ2v) is 5.08. The SMILES string of the molecule is CC(C)c1ccccc1CN(F)C(=O)c1cnn(C)c1. The number of carbonyl (C=O) groups is 1. The van der Waals surface area contributed by atoms with Gasteiger partial charge in [-0.15, -0.1) is 0 Å². The third-order valence-electron chi connectivity index (χ3n) is 3.16. The van der Waals surface area contributed by atoms with Gasteiger partial charge in [-0.25, -0.2) is 0 Å². The van der Waals surface area contributed by atoms with Crippen molar-refractivity contribution < 1.29 is 9.28 Å². The average molecular weight is 275 g/mol. The molecule has 20 heavy (non-hydrogen) atoms. The molecule has 0 aliphatic carbocycles. The standard InChI is InChI=1S/C15H18FN3O/c1-11(2)14-7-5-4-6-12(14)10-19(16)15(20)13-8-17-18(3)9-13/h4-9,11H,10H2,1-3H3. The van der Waals surface area contributed by atoms with E-state index < -0.39 is 5.91 Å². The van der Waals surface area contributed by atoms with Crippen LogP contribution in [0.2, 0.25) is 0 Å². The number of rotatable bonds is 4. The molecular formula is C15H18FN3O. The minimum absolute atomic E-state index is 0.0535. The van der Waals surface area contributed by atoms with Crippen molar-refractivity contribution in [2.24, 2.45) is 7.05 Å². The molecule has 5 heteroatoms. The Morgan fingerprint density at radius 2 is 2.10 bits per heavy atom. The molecule has 1 heterocycles. The van der Waals surface area contributed by atoms with E-state index in [9.17, 15) is 9.28 Å². The summed E-state index contributed by atoms with van der Waals surface area (Å²) in [6.45, 7) is 4.04. The third-order valence-corrected chi connectivity index (χ3v) is 3.16. The van der Waals surface area contributed by atoms with E-state index in [0.717, 1.165) is 11.1 Å². The van der Waals surface area contributed by atoms with Gasteiger partial charge >= 0.3 is 0 Å². The van der Waals surface area contributed by atoms with Crippen LogP contribution < -0.4 is 0 Å². The summed E-state index contributed by atoms with van der Waals surface area (Å²) in [4.78, 5) is 11.9. The van der Waals surface area contributed by atoms with Gasteiger partial charge < -0.3 is 0 Å². The van der Waals surface area contributed by atoms with Gasteiger partial charge in [0.2, 0.25) is 0 Å². The summed E-state index contributed by atoms with van der Waals surface area (Å²) in [5.74, 6) is -0.384. The normalized spacial score (nSPS) is 10.8. The molecule has 1 aromatic heterocycles. The first-order valence-electron chi connectivity index (χ1n) is 6.53. The molecule has 0 aliphatic heterocycles. The van der Waals surface area contributed by atoms with Gasteiger partial charge in [-0.2, -0.15) is 10.2 Å². The lowest BCUT2D eigenvalue weighted by atomic mass is 9.97. The van der Waals surface area contributed by atoms with Crippen molar-refractivity contribution in [2.45, 2.75) is 26.3 Å². The lowest BCUT2D eigenvalue weighted by molar-refractivity contribution is 0.0147. The van der Waals surface area contributed by atoms with Crippen molar-refractivity contribution in [1.29, 1.82) is 0 Å². The molecule has 0 atom stereocenters. The van der Waals surface area contributed by atoms with E-state index in [1.54, 1.807) is 7.05 Å². The van der Waals surface area contributed by atoms with Crippen LogP contribution in [0, 0.1) is 0 Å². The fraction of sp³-hybridized carbons (Fsp3) is 0.333. The van der Waals surface area contributed by atoms with E-state index >= 15 is 0 Å². The van der Waals surface area contributed by atoms with Crippen LogP contribution in [-0.2, 0) is 13.6 Å². The second-order valence-electron chi connectivity index (χ2n) is 5.08. The largest absolute Gasteiger partial charge is 0.285 e. The molecule has 0 saturated carbocycles. The Kier molecular flexibility index (Phi) is 4.17. The molecule has 0 bridgehead atoms. The maximum atomic E-state index is 14.1. The highest BCUT2D eigenvalue weighted by Gasteiger charge is 2.19. The second kappa shape index (κ2) is 5.86. The van der Waals surface area contributed by atoms with Crippen LogP contribution in [0.1, 0.15) is 41.3 Å². The molecule has 1 aromatic carbocycles. The quantitative estimate of drug-likeness (QED) is 0.804. The summed E-state index contributed by atoms with van der Waals surface area (Å²) in [6, 6.07) is 7.58. The van der Waals surface area contributed by atoms with Gasteiger partial charge in [-0.3, -0.25) is 9.48 Å². The van der Waals surface area contributed by atoms with Crippen LogP contribution in [-0.4, -0.2) is 20.8 Å². The van der Waals surface area contributed by atoms with E-state index in [1.807, 2.05) is 38.1 Å². The highest BCUT2D eigenvalue weighted by atomic mass is 19.2. The monoisotopic (exact) mass is 275 g/mol. The predicted molar refractivity (Wildman–Crippen MR) is 74.7 cm³/mol. The molecule has 106 valence electrons. The Balaban J connectivity index is 2.16. The number of hydrogen-bond donors (Lipinski definition) is 0. The van der Waals surface area contributed by atoms with Gasteiger partial charge in [0.25, 0.3) is 5.91 Å². The molecule has 0 saturated heterocycles. The van der Waals surface area contributed by atoms with Gasteiger partial charge in [0.05, 0.1) is 18.3 Å². The average Bonchev–Trinajstić information content (AvgIpc) is 2.84. The molecule has 0 fully saturated rings. The summed E-state index contributed by atoms with van der Waals surface area (Å²) >= 11 is 0. The van der Waals surface area contributed by atoms with E-state index in [2.05, 4.69) is 5.10 Å². The van der Waals surface area contributed by atoms with Gasteiger partial charge in [-0.1, -0.05) is 42.6 Å². The number of amides is 1. The van der Waals surface area contributed by atoms with Crippen LogP contribution in [0.15, 0.2) is 36.7 Å². The third kappa shape index (κ3) is 3.04. The van der Waals surface area contributed by atoms with Gasteiger partial charge in [0, 0.05) is 13.2 Å². The van der Waals surface area contributed by atoms with Gasteiger partial charge in [-0.05, 0) is 17.0 Å². The maximum Gasteiger partial charge on any atom is 0.285 e. The highest BCUT2D eigenvalue weighted by molar-refractivity contribution is 5.92. The smallest absolute Gasteiger partial charge is 0.275 e. The zero-order chi connectivity index (χ0) is 14.7. The van der Waals surface area contributed by atoms with Crippen molar-refractivity contribution in [2.75, 3.05) is 0 Å². The number of carbonyl (C=O) groups excluding carboxylic acids is 1. The summed E-state index contributed by atoms with van der Waals surface area (Å²) in [5.41, 5.74) is 2.12. The van der Waals surface area contributed by atoms with Crippen LogP contribution in [0.25, 0.3) is 0 Å². The summed E-state index contributed by atoms with van der Waals surface area (Å²) in [5, 5.41) is 4.11. The predicted octanol–water partition coefficient (Wildman–Crippen LogP) is 3.07. The zero-order valence-corrected chi connectivity index (χ0v) is 11.9.